The second kappa shape index (κ2) is 4.95. The zero-order valence-corrected chi connectivity index (χ0v) is 10.5. The molecule has 0 aliphatic rings. The summed E-state index contributed by atoms with van der Waals surface area (Å²) >= 11 is 0. The fourth-order valence-corrected chi connectivity index (χ4v) is 2.05. The first-order valence-corrected chi connectivity index (χ1v) is 6.09. The molecule has 0 aliphatic heterocycles. The summed E-state index contributed by atoms with van der Waals surface area (Å²) in [6.07, 6.45) is 1.66. The van der Waals surface area contributed by atoms with E-state index in [0.717, 1.165) is 11.1 Å². The van der Waals surface area contributed by atoms with Crippen LogP contribution in [0, 0.1) is 0 Å². The quantitative estimate of drug-likeness (QED) is 0.576. The molecule has 100 valence electrons. The predicted molar refractivity (Wildman–Crippen MR) is 74.6 cm³/mol. The first-order valence-electron chi connectivity index (χ1n) is 6.09. The molecule has 2 heterocycles. The first-order chi connectivity index (χ1) is 9.63. The van der Waals surface area contributed by atoms with Gasteiger partial charge in [0.1, 0.15) is 0 Å². The highest BCUT2D eigenvalue weighted by molar-refractivity contribution is 6.58. The van der Waals surface area contributed by atoms with Gasteiger partial charge in [0.15, 0.2) is 5.65 Å². The molecule has 20 heavy (non-hydrogen) atoms. The summed E-state index contributed by atoms with van der Waals surface area (Å²) < 4.78 is 1.91. The number of benzene rings is 1. The van der Waals surface area contributed by atoms with Gasteiger partial charge in [-0.3, -0.25) is 0 Å². The minimum atomic E-state index is -1.45. The molecule has 3 N–H and O–H groups in total. The lowest BCUT2D eigenvalue weighted by Gasteiger charge is -2.06. The Kier molecular flexibility index (Phi) is 3.13. The highest BCUT2D eigenvalue weighted by atomic mass is 16.4. The van der Waals surface area contributed by atoms with Crippen LogP contribution in [0.4, 0.5) is 0 Å². The summed E-state index contributed by atoms with van der Waals surface area (Å²) in [5, 5.41) is 27.4. The summed E-state index contributed by atoms with van der Waals surface area (Å²) in [4.78, 5) is 8.07. The second-order valence-corrected chi connectivity index (χ2v) is 4.50. The largest absolute Gasteiger partial charge is 0.493 e. The Morgan fingerprint density at radius 2 is 1.80 bits per heavy atom. The third-order valence-corrected chi connectivity index (χ3v) is 3.10. The Morgan fingerprint density at radius 1 is 1.05 bits per heavy atom. The van der Waals surface area contributed by atoms with Crippen molar-refractivity contribution in [2.24, 2.45) is 0 Å². The van der Waals surface area contributed by atoms with Gasteiger partial charge in [-0.25, -0.2) is 4.98 Å². The van der Waals surface area contributed by atoms with Gasteiger partial charge >= 0.3 is 7.12 Å². The Bertz CT molecular complexity index is 740. The summed E-state index contributed by atoms with van der Waals surface area (Å²) in [6.45, 7) is 0.588. The van der Waals surface area contributed by atoms with Crippen molar-refractivity contribution in [2.75, 3.05) is 0 Å². The molecule has 1 aromatic carbocycles. The maximum Gasteiger partial charge on any atom is 0.488 e. The summed E-state index contributed by atoms with van der Waals surface area (Å²) in [7, 11) is -1.45. The molecule has 0 amide bonds. The number of nitrogens with zero attached hydrogens (tertiary/aromatic N) is 3. The fourth-order valence-electron chi connectivity index (χ4n) is 2.05. The Hall–Kier alpha value is -2.38. The van der Waals surface area contributed by atoms with Gasteiger partial charge in [-0.15, -0.1) is 0 Å². The molecular formula is C13H12BN3O3. The van der Waals surface area contributed by atoms with Gasteiger partial charge in [-0.1, -0.05) is 24.3 Å². The highest BCUT2D eigenvalue weighted by Gasteiger charge is 2.10. The topological polar surface area (TPSA) is 91.4 Å². The van der Waals surface area contributed by atoms with Crippen molar-refractivity contribution in [3.05, 3.63) is 48.3 Å². The van der Waals surface area contributed by atoms with Gasteiger partial charge in [0.2, 0.25) is 5.88 Å². The van der Waals surface area contributed by atoms with Crippen molar-refractivity contribution < 1.29 is 15.2 Å². The van der Waals surface area contributed by atoms with Crippen molar-refractivity contribution in [3.63, 3.8) is 0 Å². The third-order valence-electron chi connectivity index (χ3n) is 3.10. The molecule has 3 rings (SSSR count). The van der Waals surface area contributed by atoms with Crippen molar-refractivity contribution in [1.29, 1.82) is 0 Å². The molecule has 0 bridgehead atoms. The molecule has 0 unspecified atom stereocenters. The van der Waals surface area contributed by atoms with Crippen LogP contribution in [0.3, 0.4) is 0 Å². The zero-order chi connectivity index (χ0) is 14.1. The molecule has 0 spiro atoms. The van der Waals surface area contributed by atoms with Crippen LogP contribution in [0.2, 0.25) is 0 Å². The molecule has 0 fully saturated rings. The van der Waals surface area contributed by atoms with Crippen LogP contribution in [-0.4, -0.2) is 36.8 Å². The molecule has 6 nitrogen and oxygen atoms in total. The first kappa shape index (κ1) is 12.6. The predicted octanol–water partition coefficient (Wildman–Crippen LogP) is -0.135. The van der Waals surface area contributed by atoms with Gasteiger partial charge in [0.25, 0.3) is 0 Å². The molecule has 0 radical (unpaired) electrons. The van der Waals surface area contributed by atoms with Crippen molar-refractivity contribution >= 4 is 23.7 Å². The lowest BCUT2D eigenvalue weighted by atomic mass is 9.80. The van der Waals surface area contributed by atoms with Gasteiger partial charge < -0.3 is 19.7 Å². The molecule has 0 aliphatic carbocycles. The Labute approximate surface area is 115 Å². The average molecular weight is 269 g/mol. The van der Waals surface area contributed by atoms with Crippen LogP contribution in [0.15, 0.2) is 42.7 Å². The van der Waals surface area contributed by atoms with Gasteiger partial charge in [0.05, 0.1) is 11.8 Å². The zero-order valence-electron chi connectivity index (χ0n) is 10.5. The van der Waals surface area contributed by atoms with Crippen molar-refractivity contribution in [2.45, 2.75) is 6.54 Å². The third kappa shape index (κ3) is 2.36. The molecular weight excluding hydrogens is 257 g/mol. The van der Waals surface area contributed by atoms with E-state index in [9.17, 15) is 5.11 Å². The number of rotatable bonds is 3. The highest BCUT2D eigenvalue weighted by Crippen LogP contribution is 2.15. The van der Waals surface area contributed by atoms with Gasteiger partial charge in [-0.2, -0.15) is 4.98 Å². The summed E-state index contributed by atoms with van der Waals surface area (Å²) in [6, 6.07) is 10.3. The number of pyridine rings is 1. The SMILES string of the molecule is OB(O)c1ccc(Cn2cnc3nc(O)ccc32)cc1. The fraction of sp³-hybridized carbons (Fsp3) is 0.0769. The van der Waals surface area contributed by atoms with Crippen LogP contribution in [0.5, 0.6) is 5.88 Å². The van der Waals surface area contributed by atoms with Crippen molar-refractivity contribution in [1.82, 2.24) is 14.5 Å². The van der Waals surface area contributed by atoms with Crippen LogP contribution >= 0.6 is 0 Å². The molecule has 0 saturated carbocycles. The monoisotopic (exact) mass is 269 g/mol. The summed E-state index contributed by atoms with van der Waals surface area (Å²) in [5.74, 6) is -0.0518. The molecule has 2 aromatic heterocycles. The minimum Gasteiger partial charge on any atom is -0.493 e. The standard InChI is InChI=1S/C13H12BN3O3/c18-12-6-5-11-13(16-12)15-8-17(11)7-9-1-3-10(4-2-9)14(19)20/h1-6,8,19-20H,7H2,(H,16,18). The van der Waals surface area contributed by atoms with Crippen LogP contribution in [-0.2, 0) is 6.54 Å². The smallest absolute Gasteiger partial charge is 0.488 e. The lowest BCUT2D eigenvalue weighted by Crippen LogP contribution is -2.29. The molecule has 0 atom stereocenters. The number of aromatic nitrogens is 3. The average Bonchev–Trinajstić information content (AvgIpc) is 2.81. The van der Waals surface area contributed by atoms with E-state index in [1.807, 2.05) is 16.7 Å². The van der Waals surface area contributed by atoms with E-state index in [-0.39, 0.29) is 5.88 Å². The van der Waals surface area contributed by atoms with E-state index >= 15 is 0 Å². The Balaban J connectivity index is 1.89. The van der Waals surface area contributed by atoms with E-state index in [1.165, 1.54) is 6.07 Å². The van der Waals surface area contributed by atoms with E-state index in [1.54, 1.807) is 24.5 Å². The van der Waals surface area contributed by atoms with Crippen LogP contribution in [0.1, 0.15) is 5.56 Å². The van der Waals surface area contributed by atoms with E-state index in [0.29, 0.717) is 17.7 Å². The Morgan fingerprint density at radius 3 is 2.50 bits per heavy atom. The van der Waals surface area contributed by atoms with Crippen LogP contribution < -0.4 is 5.46 Å². The molecule has 0 saturated heterocycles. The number of fused-ring (bicyclic) bond motifs is 1. The number of aromatic hydroxyl groups is 1. The number of hydrogen-bond donors (Lipinski definition) is 3. The number of hydrogen-bond acceptors (Lipinski definition) is 5. The van der Waals surface area contributed by atoms with E-state index < -0.39 is 7.12 Å². The molecule has 7 heteroatoms. The number of imidazole rings is 1. The second-order valence-electron chi connectivity index (χ2n) is 4.50. The molecule has 3 aromatic rings. The maximum absolute atomic E-state index is 9.30. The van der Waals surface area contributed by atoms with Gasteiger partial charge in [0, 0.05) is 12.6 Å². The van der Waals surface area contributed by atoms with E-state index in [4.69, 9.17) is 10.0 Å². The minimum absolute atomic E-state index is 0.0518. The summed E-state index contributed by atoms with van der Waals surface area (Å²) in [5.41, 5.74) is 2.78. The van der Waals surface area contributed by atoms with Crippen LogP contribution in [0.25, 0.3) is 11.2 Å². The normalized spacial score (nSPS) is 10.9. The lowest BCUT2D eigenvalue weighted by molar-refractivity contribution is 0.425. The van der Waals surface area contributed by atoms with E-state index in [2.05, 4.69) is 9.97 Å². The van der Waals surface area contributed by atoms with Crippen molar-refractivity contribution in [3.8, 4) is 5.88 Å². The maximum atomic E-state index is 9.30. The van der Waals surface area contributed by atoms with Gasteiger partial charge in [-0.05, 0) is 17.1 Å².